The van der Waals surface area contributed by atoms with Gasteiger partial charge in [0.1, 0.15) is 220 Å². The zero-order chi connectivity index (χ0) is 99.4. The summed E-state index contributed by atoms with van der Waals surface area (Å²) in [5.74, 6) is -0.287. The van der Waals surface area contributed by atoms with E-state index in [1.807, 2.05) is 13.8 Å². The number of hydrogen-bond acceptors (Lipinski definition) is 49. The van der Waals surface area contributed by atoms with Gasteiger partial charge in [-0.3, -0.25) is 0 Å². The van der Waals surface area contributed by atoms with Gasteiger partial charge in [0.15, 0.2) is 56.6 Å². The molecule has 9 saturated heterocycles. The summed E-state index contributed by atoms with van der Waals surface area (Å²) in [6.07, 6.45) is -83.6. The van der Waals surface area contributed by atoms with Crippen LogP contribution in [-0.2, 0) is 85.3 Å². The molecule has 0 radical (unpaired) electrons. The molecule has 0 amide bonds. The largest absolute Gasteiger partial charge is 0.394 e. The van der Waals surface area contributed by atoms with Crippen molar-refractivity contribution < 1.29 is 244 Å². The number of allylic oxidation sites excluding steroid dienone is 1. The lowest BCUT2D eigenvalue weighted by atomic mass is 9.29. The zero-order valence-corrected chi connectivity index (χ0v) is 76.7. The molecule has 0 spiro atoms. The van der Waals surface area contributed by atoms with Crippen LogP contribution in [-0.4, -0.2) is 518 Å². The van der Waals surface area contributed by atoms with Crippen LogP contribution >= 0.6 is 0 Å². The second-order valence-corrected chi connectivity index (χ2v) is 41.1. The van der Waals surface area contributed by atoms with Gasteiger partial charge in [-0.15, -0.1) is 0 Å². The number of ether oxygens (including phenoxy) is 18. The molecule has 3 saturated carbocycles. The maximum atomic E-state index is 13.4. The number of fused-ring (bicyclic) bond motifs is 5. The average molecular weight is 1960 g/mol. The van der Waals surface area contributed by atoms with Gasteiger partial charge >= 0.3 is 0 Å². The Labute approximate surface area is 777 Å². The molecule has 49 heteroatoms. The topological polar surface area (TPSA) is 793 Å². The standard InChI is InChI=1S/C86H146O49/c1-29(11-12-43(81(4,5)117)128-78-70(135-74-58(111)50(103)46(99)33(22-89)120-74)63(116)68(39(28-95)126-78)132-77-62(115)55(108)67(38(27-94)125-77)133-79-69(51(104)47(100)34(23-90)121-79)134-73-57(110)49(102)45(98)32(21-88)119-73)30-13-17-84(8)83(30,7)19-41(96)86(10)82(6)16-15-42(80(2,3)40(82)14-18-85(84,86)9)127-71-59(112)52(105)64(35(24-91)122-71)130-75-61(114)54(107)66(37(26-93)124-75)131-76-60(113)53(106)65(36(25-92)123-76)129-72-56(109)48(101)44(97)31(20-87)118-72/h14,29-39,41-79,87-117H,11-13,15-28H2,1-10H3/t29-,30?,31-,32-,33-,34-,35-,36-,37-,38-,39-,41?,42+,43-,44-,45-,46-,47-,48+,49+,50+,51+,52-,53-,54-,55-,56-,57-,58-,59-,60-,61-,62-,63+,64-,65-,66-,67-,68-,69-,70-,71?,72?,73?,74?,75?,76?,77?,78?,79?,82-,83-,84-,85+,86+/m1/s1. The van der Waals surface area contributed by atoms with Gasteiger partial charge in [-0.1, -0.05) is 67.0 Å². The van der Waals surface area contributed by atoms with Crippen molar-refractivity contribution in [1.82, 2.24) is 0 Å². The van der Waals surface area contributed by atoms with Crippen LogP contribution in [0.2, 0.25) is 0 Å². The first-order chi connectivity index (χ1) is 63.4. The molecule has 11 unspecified atom stereocenters. The van der Waals surface area contributed by atoms with Crippen molar-refractivity contribution in [2.24, 2.45) is 44.3 Å². The normalized spacial score (nSPS) is 53.1. The second-order valence-electron chi connectivity index (χ2n) is 41.1. The summed E-state index contributed by atoms with van der Waals surface area (Å²) in [6.45, 7) is 11.3. The number of hydrogen-bond donors (Lipinski definition) is 31. The zero-order valence-electron chi connectivity index (χ0n) is 76.7. The predicted molar refractivity (Wildman–Crippen MR) is 440 cm³/mol. The average Bonchev–Trinajstić information content (AvgIpc) is 1.57. The van der Waals surface area contributed by atoms with E-state index in [1.165, 1.54) is 13.8 Å². The van der Waals surface area contributed by atoms with Crippen molar-refractivity contribution in [3.63, 3.8) is 0 Å². The van der Waals surface area contributed by atoms with E-state index in [2.05, 4.69) is 47.6 Å². The van der Waals surface area contributed by atoms with Crippen LogP contribution in [0.1, 0.15) is 121 Å². The fourth-order valence-electron chi connectivity index (χ4n) is 24.2. The van der Waals surface area contributed by atoms with Gasteiger partial charge in [0.25, 0.3) is 0 Å². The van der Waals surface area contributed by atoms with Crippen LogP contribution in [0.5, 0.6) is 0 Å². The molecule has 9 heterocycles. The molecule has 49 nitrogen and oxygen atoms in total. The Morgan fingerprint density at radius 2 is 0.615 bits per heavy atom. The first kappa shape index (κ1) is 110. The van der Waals surface area contributed by atoms with Crippen LogP contribution in [0, 0.1) is 44.3 Å². The van der Waals surface area contributed by atoms with E-state index >= 15 is 0 Å². The third-order valence-corrected chi connectivity index (χ3v) is 33.0. The van der Waals surface area contributed by atoms with E-state index in [0.717, 1.165) is 5.57 Å². The minimum absolute atomic E-state index is 0.0443. The fourth-order valence-corrected chi connectivity index (χ4v) is 24.2. The minimum Gasteiger partial charge on any atom is -0.394 e. The molecule has 12 fully saturated rings. The summed E-state index contributed by atoms with van der Waals surface area (Å²) >= 11 is 0. The Morgan fingerprint density at radius 1 is 0.326 bits per heavy atom. The SMILES string of the molecule is C[C@H](CC[C@@H](OC1O[C@H](CO)[C@@H](OC2O[C@H](CO)[C@@H](OC3O[C@H](CO)[C@@H](O)[C@H](O)[C@H]3OC3O[C@H](CO)[C@@H](O)[C@H](O)[C@H]3O)[C@H](O)[C@H]2O)[C@H](O)[C@H]1OC1O[C@H](CO)[C@@H](O)[C@H](O)[C@H]1O)C(C)(C)O)C1CC[C@@]2(C)[C@]3(C)CC=C4C(C)(C)[C@@H](OC5O[C@H](CO)[C@@H](OC6O[C@H](CO)[C@@H](OC7O[C@H](CO)[C@@H](OC8O[C@H](CO)[C@@H](O)[C@H](O)[C@H]8O)[C@H](O)[C@H]7O)[C@H](O)[C@H]6O)[C@H](O)[C@H]5O)CC[C@@]4(C)[C@]3(C)C(O)C[C@]12C. The van der Waals surface area contributed by atoms with Gasteiger partial charge < -0.3 is 244 Å². The van der Waals surface area contributed by atoms with Crippen molar-refractivity contribution in [3.05, 3.63) is 11.6 Å². The van der Waals surface area contributed by atoms with Crippen LogP contribution in [0.3, 0.4) is 0 Å². The highest BCUT2D eigenvalue weighted by atomic mass is 16.8. The van der Waals surface area contributed by atoms with Gasteiger partial charge in [-0.05, 0) is 98.7 Å². The van der Waals surface area contributed by atoms with Crippen LogP contribution in [0.25, 0.3) is 0 Å². The smallest absolute Gasteiger partial charge is 0.187 e. The lowest BCUT2D eigenvalue weighted by Gasteiger charge is -2.75. The van der Waals surface area contributed by atoms with Crippen molar-refractivity contribution in [3.8, 4) is 0 Å². The van der Waals surface area contributed by atoms with Crippen LogP contribution in [0.15, 0.2) is 11.6 Å². The van der Waals surface area contributed by atoms with Gasteiger partial charge in [0, 0.05) is 10.8 Å². The molecule has 13 rings (SSSR count). The monoisotopic (exact) mass is 1960 g/mol. The molecule has 0 aromatic carbocycles. The Hall–Kier alpha value is -2.22. The lowest BCUT2D eigenvalue weighted by Crippen LogP contribution is -2.72. The van der Waals surface area contributed by atoms with Gasteiger partial charge in [0.2, 0.25) is 0 Å². The van der Waals surface area contributed by atoms with E-state index in [0.29, 0.717) is 44.9 Å². The highest BCUT2D eigenvalue weighted by molar-refractivity contribution is 5.39. The Kier molecular flexibility index (Phi) is 35.1. The quantitative estimate of drug-likeness (QED) is 0.0278. The molecular formula is C86H146O49. The van der Waals surface area contributed by atoms with Crippen molar-refractivity contribution in [2.45, 2.75) is 421 Å². The highest BCUT2D eigenvalue weighted by Gasteiger charge is 2.78. The van der Waals surface area contributed by atoms with Gasteiger partial charge in [-0.25, -0.2) is 0 Å². The first-order valence-corrected chi connectivity index (χ1v) is 46.4. The summed E-state index contributed by atoms with van der Waals surface area (Å²) in [4.78, 5) is 0. The van der Waals surface area contributed by atoms with E-state index in [4.69, 9.17) is 85.3 Å². The highest BCUT2D eigenvalue weighted by Crippen LogP contribution is 2.82. The molecule has 0 aromatic heterocycles. The van der Waals surface area contributed by atoms with E-state index in [-0.39, 0.29) is 18.3 Å². The Bertz CT molecular complexity index is 3800. The Morgan fingerprint density at radius 3 is 0.970 bits per heavy atom. The Balaban J connectivity index is 0.662. The molecule has 9 aliphatic heterocycles. The third kappa shape index (κ3) is 19.7. The summed E-state index contributed by atoms with van der Waals surface area (Å²) in [5.41, 5.74) is -5.00. The molecule has 0 aromatic rings. The maximum Gasteiger partial charge on any atom is 0.187 e. The second kappa shape index (κ2) is 43.1. The number of aliphatic hydroxyl groups is 31. The minimum atomic E-state index is -2.29. The van der Waals surface area contributed by atoms with Gasteiger partial charge in [0.05, 0.1) is 83.4 Å². The molecule has 4 aliphatic carbocycles. The summed E-state index contributed by atoms with van der Waals surface area (Å²) in [7, 11) is 0. The summed E-state index contributed by atoms with van der Waals surface area (Å²) in [5, 5.41) is 344. The van der Waals surface area contributed by atoms with Crippen molar-refractivity contribution in [1.29, 1.82) is 0 Å². The molecule has 13 aliphatic rings. The predicted octanol–water partition coefficient (Wildman–Crippen LogP) is -13.3. The third-order valence-electron chi connectivity index (χ3n) is 33.0. The maximum absolute atomic E-state index is 13.4. The molecule has 784 valence electrons. The van der Waals surface area contributed by atoms with E-state index in [1.54, 1.807) is 0 Å². The first-order valence-electron chi connectivity index (χ1n) is 46.4. The summed E-state index contributed by atoms with van der Waals surface area (Å²) in [6, 6.07) is 0. The number of aliphatic hydroxyl groups excluding tert-OH is 30. The van der Waals surface area contributed by atoms with Crippen LogP contribution < -0.4 is 0 Å². The molecule has 0 bridgehead atoms. The van der Waals surface area contributed by atoms with E-state index < -0.39 is 392 Å². The molecule has 31 N–H and O–H groups in total. The van der Waals surface area contributed by atoms with Gasteiger partial charge in [-0.2, -0.15) is 0 Å². The molecule has 135 heavy (non-hydrogen) atoms. The summed E-state index contributed by atoms with van der Waals surface area (Å²) < 4.78 is 107. The number of rotatable bonds is 32. The van der Waals surface area contributed by atoms with Crippen molar-refractivity contribution >= 4 is 0 Å². The van der Waals surface area contributed by atoms with E-state index in [9.17, 15) is 158 Å². The molecule has 55 atom stereocenters. The fraction of sp³-hybridized carbons (Fsp3) is 0.977. The van der Waals surface area contributed by atoms with Crippen LogP contribution in [0.4, 0.5) is 0 Å². The van der Waals surface area contributed by atoms with Crippen molar-refractivity contribution in [2.75, 3.05) is 59.5 Å². The molecular weight excluding hydrogens is 1820 g/mol. The lowest BCUT2D eigenvalue weighted by molar-refractivity contribution is -0.404.